The smallest absolute Gasteiger partial charge is 0.187 e. The highest BCUT2D eigenvalue weighted by atomic mass is 16.5. The van der Waals surface area contributed by atoms with Crippen molar-refractivity contribution in [3.63, 3.8) is 0 Å². The van der Waals surface area contributed by atoms with E-state index < -0.39 is 0 Å². The third kappa shape index (κ3) is 5.42. The van der Waals surface area contributed by atoms with Crippen LogP contribution in [0.2, 0.25) is 0 Å². The summed E-state index contributed by atoms with van der Waals surface area (Å²) in [6.45, 7) is 13.7. The first-order chi connectivity index (χ1) is 15.6. The fourth-order valence-electron chi connectivity index (χ4n) is 4.67. The van der Waals surface area contributed by atoms with E-state index in [0.29, 0.717) is 5.69 Å². The zero-order chi connectivity index (χ0) is 22.4. The Morgan fingerprint density at radius 2 is 1.88 bits per heavy atom. The van der Waals surface area contributed by atoms with Crippen LogP contribution < -0.4 is 0 Å². The van der Waals surface area contributed by atoms with E-state index in [1.807, 2.05) is 36.8 Å². The molecular formula is C26H31N5O. The molecule has 6 nitrogen and oxygen atoms in total. The molecule has 3 aromatic rings. The number of methoxy groups -OCH3 is 1. The summed E-state index contributed by atoms with van der Waals surface area (Å²) < 4.78 is 7.86. The monoisotopic (exact) mass is 429 g/mol. The Morgan fingerprint density at radius 3 is 2.56 bits per heavy atom. The minimum absolute atomic E-state index is 0.150. The summed E-state index contributed by atoms with van der Waals surface area (Å²) >= 11 is 0. The summed E-state index contributed by atoms with van der Waals surface area (Å²) in [5, 5.41) is 0. The van der Waals surface area contributed by atoms with Gasteiger partial charge in [0.25, 0.3) is 0 Å². The molecule has 0 atom stereocenters. The first kappa shape index (κ1) is 22.2. The van der Waals surface area contributed by atoms with Gasteiger partial charge in [-0.05, 0) is 57.0 Å². The number of aromatic nitrogens is 3. The molecule has 1 saturated heterocycles. The topological polar surface area (TPSA) is 47.5 Å². The number of piperidine rings is 1. The Kier molecular flexibility index (Phi) is 6.99. The molecule has 0 N–H and O–H groups in total. The maximum atomic E-state index is 7.11. The van der Waals surface area contributed by atoms with Gasteiger partial charge in [-0.25, -0.2) is 9.83 Å². The molecule has 32 heavy (non-hydrogen) atoms. The van der Waals surface area contributed by atoms with Crippen molar-refractivity contribution >= 4 is 5.69 Å². The van der Waals surface area contributed by atoms with E-state index in [1.165, 1.54) is 11.3 Å². The molecule has 0 unspecified atom stereocenters. The van der Waals surface area contributed by atoms with E-state index in [0.717, 1.165) is 63.4 Å². The van der Waals surface area contributed by atoms with E-state index in [-0.39, 0.29) is 5.41 Å². The molecule has 1 aliphatic rings. The summed E-state index contributed by atoms with van der Waals surface area (Å²) in [6, 6.07) is 14.1. The summed E-state index contributed by atoms with van der Waals surface area (Å²) in [5.41, 5.74) is 5.46. The van der Waals surface area contributed by atoms with Gasteiger partial charge < -0.3 is 9.30 Å². The van der Waals surface area contributed by atoms with Crippen molar-refractivity contribution in [3.05, 3.63) is 89.1 Å². The number of hydrogen-bond donors (Lipinski definition) is 0. The summed E-state index contributed by atoms with van der Waals surface area (Å²) in [7, 11) is 1.81. The zero-order valence-corrected chi connectivity index (χ0v) is 19.0. The quantitative estimate of drug-likeness (QED) is 0.489. The second-order valence-electron chi connectivity index (χ2n) is 8.95. The van der Waals surface area contributed by atoms with E-state index >= 15 is 0 Å². The highest BCUT2D eigenvalue weighted by Crippen LogP contribution is 2.35. The van der Waals surface area contributed by atoms with E-state index in [4.69, 9.17) is 16.3 Å². The van der Waals surface area contributed by atoms with E-state index in [1.54, 1.807) is 7.11 Å². The van der Waals surface area contributed by atoms with Crippen LogP contribution >= 0.6 is 0 Å². The fourth-order valence-corrected chi connectivity index (χ4v) is 4.67. The average molecular weight is 430 g/mol. The molecule has 4 rings (SSSR count). The van der Waals surface area contributed by atoms with Gasteiger partial charge in [0.05, 0.1) is 25.2 Å². The van der Waals surface area contributed by atoms with Crippen LogP contribution in [-0.2, 0) is 24.2 Å². The van der Waals surface area contributed by atoms with Crippen molar-refractivity contribution in [1.82, 2.24) is 19.4 Å². The first-order valence-corrected chi connectivity index (χ1v) is 11.2. The van der Waals surface area contributed by atoms with Crippen molar-refractivity contribution < 1.29 is 4.74 Å². The van der Waals surface area contributed by atoms with Crippen molar-refractivity contribution in [3.8, 4) is 0 Å². The second-order valence-corrected chi connectivity index (χ2v) is 8.95. The van der Waals surface area contributed by atoms with Crippen LogP contribution in [0.1, 0.15) is 35.5 Å². The Bertz CT molecular complexity index is 1060. The molecule has 0 amide bonds. The van der Waals surface area contributed by atoms with Gasteiger partial charge in [-0.3, -0.25) is 9.88 Å². The maximum absolute atomic E-state index is 7.11. The summed E-state index contributed by atoms with van der Waals surface area (Å²) in [4.78, 5) is 15.1. The number of likely N-dealkylation sites (tertiary alicyclic amines) is 1. The molecule has 6 heteroatoms. The van der Waals surface area contributed by atoms with Crippen molar-refractivity contribution in [1.29, 1.82) is 0 Å². The van der Waals surface area contributed by atoms with Crippen molar-refractivity contribution in [2.75, 3.05) is 26.8 Å². The number of aryl methyl sites for hydroxylation is 1. The fraction of sp³-hybridized carbons (Fsp3) is 0.423. The summed E-state index contributed by atoms with van der Waals surface area (Å²) in [5.74, 6) is 0. The molecule has 1 aromatic carbocycles. The molecule has 0 bridgehead atoms. The van der Waals surface area contributed by atoms with Gasteiger partial charge in [-0.15, -0.1) is 0 Å². The Balaban J connectivity index is 1.38. The van der Waals surface area contributed by atoms with Gasteiger partial charge in [-0.2, -0.15) is 0 Å². The average Bonchev–Trinajstić information content (AvgIpc) is 3.22. The van der Waals surface area contributed by atoms with Gasteiger partial charge in [0.1, 0.15) is 0 Å². The van der Waals surface area contributed by atoms with Crippen LogP contribution in [0, 0.1) is 18.9 Å². The lowest BCUT2D eigenvalue weighted by molar-refractivity contribution is 0.0183. The number of nitrogens with zero attached hydrogens (tertiary/aromatic N) is 5. The Morgan fingerprint density at radius 1 is 1.09 bits per heavy atom. The molecule has 1 aliphatic heterocycles. The minimum Gasteiger partial charge on any atom is -0.384 e. The van der Waals surface area contributed by atoms with E-state index in [2.05, 4.69) is 44.4 Å². The van der Waals surface area contributed by atoms with Gasteiger partial charge >= 0.3 is 0 Å². The lowest BCUT2D eigenvalue weighted by Crippen LogP contribution is -2.43. The minimum atomic E-state index is 0.150. The van der Waals surface area contributed by atoms with Crippen LogP contribution in [0.4, 0.5) is 5.69 Å². The number of ether oxygens (including phenoxy) is 1. The molecule has 2 aromatic heterocycles. The number of pyridine rings is 1. The Hall–Kier alpha value is -3.01. The van der Waals surface area contributed by atoms with Crippen molar-refractivity contribution in [2.45, 2.75) is 39.3 Å². The van der Waals surface area contributed by atoms with Crippen LogP contribution in [0.25, 0.3) is 4.85 Å². The molecule has 3 heterocycles. The number of imidazole rings is 1. The van der Waals surface area contributed by atoms with Crippen LogP contribution in [0.5, 0.6) is 0 Å². The second kappa shape index (κ2) is 10.1. The molecule has 166 valence electrons. The number of rotatable bonds is 8. The Labute approximate surface area is 190 Å². The third-order valence-electron chi connectivity index (χ3n) is 6.47. The first-order valence-electron chi connectivity index (χ1n) is 11.2. The van der Waals surface area contributed by atoms with Gasteiger partial charge in [0.15, 0.2) is 5.69 Å². The number of hydrogen-bond acceptors (Lipinski definition) is 4. The predicted molar refractivity (Wildman–Crippen MR) is 126 cm³/mol. The standard InChI is InChI=1S/C26H31N5O/c1-21-5-4-6-24(29-21)15-26(19-32-3)11-13-30(14-12-26)18-25-16-28-20-31(25)17-22-7-9-23(27-2)10-8-22/h4-10,16,20H,11-15,17-19H2,1,3H3. The molecular weight excluding hydrogens is 398 g/mol. The molecule has 0 saturated carbocycles. The number of benzene rings is 1. The van der Waals surface area contributed by atoms with Crippen LogP contribution in [0.15, 0.2) is 55.0 Å². The highest BCUT2D eigenvalue weighted by Gasteiger charge is 2.35. The van der Waals surface area contributed by atoms with Gasteiger partial charge in [0, 0.05) is 43.2 Å². The van der Waals surface area contributed by atoms with Crippen LogP contribution in [0.3, 0.4) is 0 Å². The molecule has 0 aliphatic carbocycles. The lowest BCUT2D eigenvalue weighted by Gasteiger charge is -2.41. The predicted octanol–water partition coefficient (Wildman–Crippen LogP) is 4.66. The van der Waals surface area contributed by atoms with E-state index in [9.17, 15) is 0 Å². The highest BCUT2D eigenvalue weighted by molar-refractivity contribution is 5.45. The zero-order valence-electron chi connectivity index (χ0n) is 19.0. The van der Waals surface area contributed by atoms with Gasteiger partial charge in [-0.1, -0.05) is 30.3 Å². The lowest BCUT2D eigenvalue weighted by atomic mass is 9.75. The molecule has 1 fully saturated rings. The van der Waals surface area contributed by atoms with Gasteiger partial charge in [0.2, 0.25) is 0 Å². The SMILES string of the molecule is [C-]#[N+]c1ccc(Cn2cncc2CN2CCC(COC)(Cc3cccc(C)n3)CC2)cc1. The molecule has 0 radical (unpaired) electrons. The normalized spacial score (nSPS) is 16.0. The summed E-state index contributed by atoms with van der Waals surface area (Å²) in [6.07, 6.45) is 7.04. The van der Waals surface area contributed by atoms with Crippen LogP contribution in [-0.4, -0.2) is 46.2 Å². The third-order valence-corrected chi connectivity index (χ3v) is 6.47. The largest absolute Gasteiger partial charge is 0.384 e. The van der Waals surface area contributed by atoms with Crippen molar-refractivity contribution in [2.24, 2.45) is 5.41 Å². The molecule has 0 spiro atoms. The maximum Gasteiger partial charge on any atom is 0.187 e.